The molecule has 10 heteroatoms. The summed E-state index contributed by atoms with van der Waals surface area (Å²) < 4.78 is 41.2. The second-order valence-corrected chi connectivity index (χ2v) is 11.6. The second-order valence-electron chi connectivity index (χ2n) is 9.75. The summed E-state index contributed by atoms with van der Waals surface area (Å²) in [7, 11) is -4.07. The fourth-order valence-corrected chi connectivity index (χ4v) is 6.35. The molecule has 0 fully saturated rings. The van der Waals surface area contributed by atoms with E-state index < -0.39 is 22.7 Å². The van der Waals surface area contributed by atoms with Gasteiger partial charge in [0.1, 0.15) is 18.1 Å². The number of aliphatic carboxylic acids is 1. The predicted molar refractivity (Wildman–Crippen MR) is 152 cm³/mol. The van der Waals surface area contributed by atoms with E-state index in [0.717, 1.165) is 32.4 Å². The predicted octanol–water partition coefficient (Wildman–Crippen LogP) is 4.77. The van der Waals surface area contributed by atoms with E-state index in [0.29, 0.717) is 42.3 Å². The van der Waals surface area contributed by atoms with Crippen molar-refractivity contribution in [3.8, 4) is 17.2 Å². The summed E-state index contributed by atoms with van der Waals surface area (Å²) in [5, 5.41) is 9.49. The number of hydrogen-bond donors (Lipinski definition) is 1. The van der Waals surface area contributed by atoms with Crippen LogP contribution in [0.25, 0.3) is 11.5 Å². The minimum absolute atomic E-state index is 0.104. The molecule has 3 aromatic carbocycles. The number of hydrogen-bond acceptors (Lipinski definition) is 6. The monoisotopic (exact) mass is 561 g/mol. The van der Waals surface area contributed by atoms with Gasteiger partial charge in [-0.3, -0.25) is 9.10 Å². The van der Waals surface area contributed by atoms with Crippen molar-refractivity contribution in [3.63, 3.8) is 0 Å². The molecule has 9 nitrogen and oxygen atoms in total. The Morgan fingerprint density at radius 3 is 2.62 bits per heavy atom. The standard InChI is InChI=1S/C30H31N3O6S/c1-21-10-12-25(13-11-21)30-31-27(22(2)39-30)15-17-38-26-8-5-6-23(18-26)19-32(20-29(34)35)40(36,37)33-16-14-24-7-3-4-9-28(24)33/h3-13,18H,14-17,19-20H2,1-2H3,(H,34,35). The minimum atomic E-state index is -4.07. The first kappa shape index (κ1) is 27.4. The van der Waals surface area contributed by atoms with Crippen molar-refractivity contribution in [2.24, 2.45) is 0 Å². The minimum Gasteiger partial charge on any atom is -0.493 e. The van der Waals surface area contributed by atoms with Gasteiger partial charge in [0.2, 0.25) is 5.89 Å². The Morgan fingerprint density at radius 1 is 1.07 bits per heavy atom. The van der Waals surface area contributed by atoms with Crippen LogP contribution in [0.5, 0.6) is 5.75 Å². The van der Waals surface area contributed by atoms with Crippen LogP contribution in [0.15, 0.2) is 77.2 Å². The Hall–Kier alpha value is -4.15. The Labute approximate surface area is 233 Å². The number of aryl methyl sites for hydroxylation is 2. The van der Waals surface area contributed by atoms with Crippen LogP contribution in [0, 0.1) is 13.8 Å². The molecular weight excluding hydrogens is 530 g/mol. The summed E-state index contributed by atoms with van der Waals surface area (Å²) in [4.78, 5) is 16.2. The topological polar surface area (TPSA) is 113 Å². The molecule has 0 unspecified atom stereocenters. The van der Waals surface area contributed by atoms with Crippen molar-refractivity contribution in [3.05, 3.63) is 101 Å². The number of aromatic nitrogens is 1. The van der Waals surface area contributed by atoms with Crippen LogP contribution in [0.1, 0.15) is 28.1 Å². The average Bonchev–Trinajstić information content (AvgIpc) is 3.53. The highest BCUT2D eigenvalue weighted by atomic mass is 32.2. The number of anilines is 1. The van der Waals surface area contributed by atoms with Crippen LogP contribution >= 0.6 is 0 Å². The fraction of sp³-hybridized carbons (Fsp3) is 0.267. The molecule has 1 N–H and O–H groups in total. The lowest BCUT2D eigenvalue weighted by Crippen LogP contribution is -2.45. The van der Waals surface area contributed by atoms with Gasteiger partial charge in [-0.25, -0.2) is 4.98 Å². The van der Waals surface area contributed by atoms with E-state index in [4.69, 9.17) is 9.15 Å². The fourth-order valence-electron chi connectivity index (χ4n) is 4.74. The first-order valence-corrected chi connectivity index (χ1v) is 14.4. The molecule has 2 heterocycles. The lowest BCUT2D eigenvalue weighted by atomic mass is 10.1. The number of nitrogens with zero attached hydrogens (tertiary/aromatic N) is 3. The SMILES string of the molecule is Cc1ccc(-c2nc(CCOc3cccc(CN(CC(=O)O)S(=O)(=O)N4CCc5ccccc54)c3)c(C)o2)cc1. The highest BCUT2D eigenvalue weighted by Crippen LogP contribution is 2.32. The molecule has 208 valence electrons. The summed E-state index contributed by atoms with van der Waals surface area (Å²) in [5.74, 6) is 0.619. The summed E-state index contributed by atoms with van der Waals surface area (Å²) in [6, 6.07) is 22.3. The summed E-state index contributed by atoms with van der Waals surface area (Å²) in [5.41, 5.74) is 5.00. The average molecular weight is 562 g/mol. The third kappa shape index (κ3) is 6.03. The van der Waals surface area contributed by atoms with Crippen LogP contribution in [-0.2, 0) is 34.4 Å². The van der Waals surface area contributed by atoms with Gasteiger partial charge >= 0.3 is 16.2 Å². The number of carboxylic acids is 1. The molecule has 1 aromatic heterocycles. The van der Waals surface area contributed by atoms with Crippen molar-refractivity contribution in [2.75, 3.05) is 24.0 Å². The number of oxazole rings is 1. The summed E-state index contributed by atoms with van der Waals surface area (Å²) in [6.45, 7) is 3.75. The lowest BCUT2D eigenvalue weighted by molar-refractivity contribution is -0.137. The maximum atomic E-state index is 13.5. The van der Waals surface area contributed by atoms with Crippen molar-refractivity contribution in [2.45, 2.75) is 33.2 Å². The van der Waals surface area contributed by atoms with Crippen LogP contribution in [0.4, 0.5) is 5.69 Å². The molecule has 0 amide bonds. The van der Waals surface area contributed by atoms with Crippen molar-refractivity contribution < 1.29 is 27.5 Å². The van der Waals surface area contributed by atoms with Crippen LogP contribution in [-0.4, -0.2) is 48.5 Å². The molecule has 40 heavy (non-hydrogen) atoms. The molecule has 0 saturated carbocycles. The van der Waals surface area contributed by atoms with Gasteiger partial charge < -0.3 is 14.3 Å². The molecule has 1 aliphatic heterocycles. The number of carboxylic acid groups (broad SMARTS) is 1. The highest BCUT2D eigenvalue weighted by molar-refractivity contribution is 7.90. The normalized spacial score (nSPS) is 13.0. The van der Waals surface area contributed by atoms with Gasteiger partial charge in [0.05, 0.1) is 18.0 Å². The number of ether oxygens (including phenoxy) is 1. The Balaban J connectivity index is 1.26. The van der Waals surface area contributed by atoms with E-state index in [-0.39, 0.29) is 13.1 Å². The number of benzene rings is 3. The Bertz CT molecular complexity index is 1610. The zero-order valence-corrected chi connectivity index (χ0v) is 23.2. The number of carbonyl (C=O) groups is 1. The van der Waals surface area contributed by atoms with E-state index in [9.17, 15) is 18.3 Å². The van der Waals surface area contributed by atoms with Crippen LogP contribution in [0.3, 0.4) is 0 Å². The molecular formula is C30H31N3O6S. The molecule has 0 radical (unpaired) electrons. The third-order valence-corrected chi connectivity index (χ3v) is 8.66. The van der Waals surface area contributed by atoms with Gasteiger partial charge in [-0.15, -0.1) is 0 Å². The first-order valence-electron chi connectivity index (χ1n) is 13.0. The highest BCUT2D eigenvalue weighted by Gasteiger charge is 2.35. The maximum absolute atomic E-state index is 13.5. The van der Waals surface area contributed by atoms with Gasteiger partial charge in [0.15, 0.2) is 0 Å². The van der Waals surface area contributed by atoms with E-state index in [2.05, 4.69) is 4.98 Å². The third-order valence-electron chi connectivity index (χ3n) is 6.82. The number of rotatable bonds is 11. The van der Waals surface area contributed by atoms with Crippen molar-refractivity contribution in [1.29, 1.82) is 0 Å². The van der Waals surface area contributed by atoms with Gasteiger partial charge in [-0.1, -0.05) is 48.0 Å². The molecule has 0 aliphatic carbocycles. The summed E-state index contributed by atoms with van der Waals surface area (Å²) in [6.07, 6.45) is 1.11. The first-order chi connectivity index (χ1) is 19.2. The van der Waals surface area contributed by atoms with Crippen molar-refractivity contribution in [1.82, 2.24) is 9.29 Å². The second kappa shape index (κ2) is 11.5. The van der Waals surface area contributed by atoms with Gasteiger partial charge in [0, 0.05) is 25.1 Å². The summed E-state index contributed by atoms with van der Waals surface area (Å²) >= 11 is 0. The zero-order valence-electron chi connectivity index (χ0n) is 22.4. The Morgan fingerprint density at radius 2 is 1.85 bits per heavy atom. The van der Waals surface area contributed by atoms with Crippen LogP contribution < -0.4 is 9.04 Å². The molecule has 0 spiro atoms. The number of para-hydroxylation sites is 1. The van der Waals surface area contributed by atoms with E-state index >= 15 is 0 Å². The molecule has 1 aliphatic rings. The molecule has 0 atom stereocenters. The smallest absolute Gasteiger partial charge is 0.318 e. The van der Waals surface area contributed by atoms with Gasteiger partial charge in [-0.05, 0) is 61.7 Å². The van der Waals surface area contributed by atoms with E-state index in [1.165, 1.54) is 4.31 Å². The molecule has 0 bridgehead atoms. The van der Waals surface area contributed by atoms with Crippen molar-refractivity contribution >= 4 is 21.9 Å². The van der Waals surface area contributed by atoms with E-state index in [1.807, 2.05) is 50.2 Å². The molecule has 4 aromatic rings. The van der Waals surface area contributed by atoms with Crippen LogP contribution in [0.2, 0.25) is 0 Å². The maximum Gasteiger partial charge on any atom is 0.318 e. The zero-order chi connectivity index (χ0) is 28.3. The molecule has 5 rings (SSSR count). The quantitative estimate of drug-likeness (QED) is 0.281. The van der Waals surface area contributed by atoms with Gasteiger partial charge in [-0.2, -0.15) is 12.7 Å². The number of fused-ring (bicyclic) bond motifs is 1. The lowest BCUT2D eigenvalue weighted by Gasteiger charge is -2.28. The Kier molecular flexibility index (Phi) is 7.90. The van der Waals surface area contributed by atoms with Gasteiger partial charge in [0.25, 0.3) is 0 Å². The largest absolute Gasteiger partial charge is 0.493 e. The molecule has 0 saturated heterocycles. The van der Waals surface area contributed by atoms with E-state index in [1.54, 1.807) is 36.4 Å².